The van der Waals surface area contributed by atoms with Gasteiger partial charge in [-0.05, 0) is 25.8 Å². The molecule has 1 fully saturated rings. The maximum atomic E-state index is 9.03. The quantitative estimate of drug-likeness (QED) is 0.753. The van der Waals surface area contributed by atoms with Crippen molar-refractivity contribution in [3.05, 3.63) is 24.3 Å². The molecule has 16 heavy (non-hydrogen) atoms. The van der Waals surface area contributed by atoms with Gasteiger partial charge < -0.3 is 0 Å². The number of nitriles is 1. The van der Waals surface area contributed by atoms with E-state index in [1.807, 2.05) is 13.0 Å². The fourth-order valence-electron chi connectivity index (χ4n) is 1.93. The van der Waals surface area contributed by atoms with Gasteiger partial charge in [-0.15, -0.1) is 0 Å². The summed E-state index contributed by atoms with van der Waals surface area (Å²) in [7, 11) is 0. The third-order valence-electron chi connectivity index (χ3n) is 3.21. The van der Waals surface area contributed by atoms with Crippen LogP contribution in [-0.4, -0.2) is 28.0 Å². The van der Waals surface area contributed by atoms with Gasteiger partial charge in [0.15, 0.2) is 0 Å². The standard InChI is InChI=1S/C12H16N4/c1-12(10-13)3-7-16(8-4-12)9-11-14-5-2-6-15-11/h2,5-6H,3-4,7-9H2,1H3. The van der Waals surface area contributed by atoms with Crippen molar-refractivity contribution >= 4 is 0 Å². The Morgan fingerprint density at radius 3 is 2.56 bits per heavy atom. The van der Waals surface area contributed by atoms with Crippen molar-refractivity contribution < 1.29 is 0 Å². The van der Waals surface area contributed by atoms with Crippen LogP contribution in [0.3, 0.4) is 0 Å². The molecule has 84 valence electrons. The van der Waals surface area contributed by atoms with E-state index in [0.717, 1.165) is 38.3 Å². The van der Waals surface area contributed by atoms with E-state index in [0.29, 0.717) is 0 Å². The molecule has 1 aliphatic heterocycles. The molecule has 0 saturated carbocycles. The minimum Gasteiger partial charge on any atom is -0.296 e. The van der Waals surface area contributed by atoms with Gasteiger partial charge in [0.1, 0.15) is 5.82 Å². The van der Waals surface area contributed by atoms with Crippen LogP contribution in [0.15, 0.2) is 18.5 Å². The summed E-state index contributed by atoms with van der Waals surface area (Å²) in [5.41, 5.74) is -0.131. The van der Waals surface area contributed by atoms with Gasteiger partial charge in [-0.3, -0.25) is 4.90 Å². The van der Waals surface area contributed by atoms with E-state index in [-0.39, 0.29) is 5.41 Å². The first kappa shape index (κ1) is 11.0. The largest absolute Gasteiger partial charge is 0.296 e. The molecule has 2 rings (SSSR count). The highest BCUT2D eigenvalue weighted by Crippen LogP contribution is 2.29. The average molecular weight is 216 g/mol. The van der Waals surface area contributed by atoms with Gasteiger partial charge in [-0.25, -0.2) is 9.97 Å². The van der Waals surface area contributed by atoms with Gasteiger partial charge in [0.25, 0.3) is 0 Å². The highest BCUT2D eigenvalue weighted by atomic mass is 15.1. The second-order valence-corrected chi connectivity index (χ2v) is 4.61. The lowest BCUT2D eigenvalue weighted by molar-refractivity contribution is 0.147. The van der Waals surface area contributed by atoms with E-state index >= 15 is 0 Å². The molecule has 1 aromatic heterocycles. The smallest absolute Gasteiger partial charge is 0.142 e. The Kier molecular flexibility index (Phi) is 3.16. The van der Waals surface area contributed by atoms with Crippen LogP contribution >= 0.6 is 0 Å². The zero-order valence-corrected chi connectivity index (χ0v) is 9.56. The van der Waals surface area contributed by atoms with Crippen LogP contribution < -0.4 is 0 Å². The molecule has 4 heteroatoms. The molecule has 1 saturated heterocycles. The number of nitrogens with zero attached hydrogens (tertiary/aromatic N) is 4. The van der Waals surface area contributed by atoms with Crippen LogP contribution in [0.1, 0.15) is 25.6 Å². The number of hydrogen-bond donors (Lipinski definition) is 0. The average Bonchev–Trinajstić information content (AvgIpc) is 2.34. The Hall–Kier alpha value is -1.47. The highest BCUT2D eigenvalue weighted by Gasteiger charge is 2.29. The van der Waals surface area contributed by atoms with Crippen LogP contribution in [0.4, 0.5) is 0 Å². The number of aromatic nitrogens is 2. The second kappa shape index (κ2) is 4.58. The van der Waals surface area contributed by atoms with Crippen LogP contribution in [0.2, 0.25) is 0 Å². The van der Waals surface area contributed by atoms with Gasteiger partial charge >= 0.3 is 0 Å². The molecule has 1 aromatic rings. The summed E-state index contributed by atoms with van der Waals surface area (Å²) in [6, 6.07) is 4.23. The zero-order valence-electron chi connectivity index (χ0n) is 9.56. The summed E-state index contributed by atoms with van der Waals surface area (Å²) >= 11 is 0. The Bertz CT molecular complexity index is 374. The Morgan fingerprint density at radius 1 is 1.38 bits per heavy atom. The summed E-state index contributed by atoms with van der Waals surface area (Å²) in [5, 5.41) is 9.03. The van der Waals surface area contributed by atoms with Gasteiger partial charge in [0.2, 0.25) is 0 Å². The highest BCUT2D eigenvalue weighted by molar-refractivity contribution is 4.99. The summed E-state index contributed by atoms with van der Waals surface area (Å²) in [6.07, 6.45) is 5.42. The van der Waals surface area contributed by atoms with E-state index in [4.69, 9.17) is 5.26 Å². The van der Waals surface area contributed by atoms with Crippen LogP contribution in [0, 0.1) is 16.7 Å². The molecule has 0 atom stereocenters. The molecule has 0 amide bonds. The minimum absolute atomic E-state index is 0.131. The third kappa shape index (κ3) is 2.56. The van der Waals surface area contributed by atoms with Crippen LogP contribution in [0.25, 0.3) is 0 Å². The second-order valence-electron chi connectivity index (χ2n) is 4.61. The lowest BCUT2D eigenvalue weighted by Crippen LogP contribution is -2.37. The molecule has 0 N–H and O–H groups in total. The summed E-state index contributed by atoms with van der Waals surface area (Å²) in [6.45, 7) is 4.76. The number of likely N-dealkylation sites (tertiary alicyclic amines) is 1. The molecule has 0 bridgehead atoms. The molecule has 0 aliphatic carbocycles. The first-order valence-electron chi connectivity index (χ1n) is 5.61. The SMILES string of the molecule is CC1(C#N)CCN(Cc2ncccn2)CC1. The Morgan fingerprint density at radius 2 is 2.00 bits per heavy atom. The molecular formula is C12H16N4. The van der Waals surface area contributed by atoms with Crippen molar-refractivity contribution in [1.29, 1.82) is 5.26 Å². The summed E-state index contributed by atoms with van der Waals surface area (Å²) < 4.78 is 0. The maximum absolute atomic E-state index is 9.03. The lowest BCUT2D eigenvalue weighted by atomic mass is 9.82. The van der Waals surface area contributed by atoms with Crippen molar-refractivity contribution in [3.8, 4) is 6.07 Å². The topological polar surface area (TPSA) is 52.8 Å². The number of piperidine rings is 1. The fourth-order valence-corrected chi connectivity index (χ4v) is 1.93. The Balaban J connectivity index is 1.89. The predicted octanol–water partition coefficient (Wildman–Crippen LogP) is 1.60. The van der Waals surface area contributed by atoms with Crippen molar-refractivity contribution in [2.75, 3.05) is 13.1 Å². The molecular weight excluding hydrogens is 200 g/mol. The first-order chi connectivity index (χ1) is 7.72. The van der Waals surface area contributed by atoms with Gasteiger partial charge in [-0.1, -0.05) is 0 Å². The third-order valence-corrected chi connectivity index (χ3v) is 3.21. The van der Waals surface area contributed by atoms with Crippen LogP contribution in [-0.2, 0) is 6.54 Å². The van der Waals surface area contributed by atoms with E-state index in [1.165, 1.54) is 0 Å². The zero-order chi connectivity index (χ0) is 11.4. The van der Waals surface area contributed by atoms with E-state index in [9.17, 15) is 0 Å². The molecule has 0 spiro atoms. The monoisotopic (exact) mass is 216 g/mol. The predicted molar refractivity (Wildman–Crippen MR) is 60.3 cm³/mol. The summed E-state index contributed by atoms with van der Waals surface area (Å²) in [5.74, 6) is 0.864. The summed E-state index contributed by atoms with van der Waals surface area (Å²) in [4.78, 5) is 10.7. The molecule has 1 aliphatic rings. The van der Waals surface area contributed by atoms with E-state index in [1.54, 1.807) is 12.4 Å². The molecule has 2 heterocycles. The number of hydrogen-bond acceptors (Lipinski definition) is 4. The van der Waals surface area contributed by atoms with Gasteiger partial charge in [0, 0.05) is 25.5 Å². The van der Waals surface area contributed by atoms with Crippen LogP contribution in [0.5, 0.6) is 0 Å². The van der Waals surface area contributed by atoms with Crippen molar-refractivity contribution in [2.24, 2.45) is 5.41 Å². The number of rotatable bonds is 2. The molecule has 4 nitrogen and oxygen atoms in total. The van der Waals surface area contributed by atoms with E-state index < -0.39 is 0 Å². The molecule has 0 unspecified atom stereocenters. The lowest BCUT2D eigenvalue weighted by Gasteiger charge is -2.34. The van der Waals surface area contributed by atoms with Gasteiger partial charge in [-0.2, -0.15) is 5.26 Å². The van der Waals surface area contributed by atoms with Crippen molar-refractivity contribution in [1.82, 2.24) is 14.9 Å². The van der Waals surface area contributed by atoms with Crippen molar-refractivity contribution in [2.45, 2.75) is 26.3 Å². The van der Waals surface area contributed by atoms with E-state index in [2.05, 4.69) is 20.9 Å². The van der Waals surface area contributed by atoms with Crippen molar-refractivity contribution in [3.63, 3.8) is 0 Å². The molecule has 0 radical (unpaired) electrons. The van der Waals surface area contributed by atoms with Gasteiger partial charge in [0.05, 0.1) is 18.0 Å². The molecule has 0 aromatic carbocycles. The first-order valence-corrected chi connectivity index (χ1v) is 5.61. The minimum atomic E-state index is -0.131. The fraction of sp³-hybridized carbons (Fsp3) is 0.583. The normalized spacial score (nSPS) is 20.2. The Labute approximate surface area is 95.9 Å². The maximum Gasteiger partial charge on any atom is 0.142 e.